The predicted octanol–water partition coefficient (Wildman–Crippen LogP) is 10.8. The van der Waals surface area contributed by atoms with Crippen molar-refractivity contribution in [1.29, 1.82) is 0 Å². The molecule has 0 aliphatic rings. The third kappa shape index (κ3) is 34.9. The van der Waals surface area contributed by atoms with E-state index in [0.29, 0.717) is 19.3 Å². The van der Waals surface area contributed by atoms with Gasteiger partial charge in [0.05, 0.1) is 12.7 Å². The Bertz CT molecular complexity index is 885. The summed E-state index contributed by atoms with van der Waals surface area (Å²) in [5.41, 5.74) is 0. The normalized spacial score (nSPS) is 13.6. The van der Waals surface area contributed by atoms with Crippen molar-refractivity contribution < 1.29 is 29.3 Å². The lowest BCUT2D eigenvalue weighted by Crippen LogP contribution is -2.28. The highest BCUT2D eigenvalue weighted by molar-refractivity contribution is 5.70. The summed E-state index contributed by atoms with van der Waals surface area (Å²) < 4.78 is 10.5. The zero-order valence-electron chi connectivity index (χ0n) is 31.0. The quantitative estimate of drug-likeness (QED) is 0.0312. The van der Waals surface area contributed by atoms with E-state index < -0.39 is 12.2 Å². The number of esters is 2. The van der Waals surface area contributed by atoms with Gasteiger partial charge in [0.25, 0.3) is 0 Å². The van der Waals surface area contributed by atoms with Gasteiger partial charge in [-0.25, -0.2) is 0 Å². The summed E-state index contributed by atoms with van der Waals surface area (Å²) >= 11 is 0. The second-order valence-electron chi connectivity index (χ2n) is 13.3. The van der Waals surface area contributed by atoms with E-state index in [9.17, 15) is 19.8 Å². The van der Waals surface area contributed by atoms with E-state index in [0.717, 1.165) is 50.9 Å². The SMILES string of the molecule is CC/C=C\C/C=C\CC(O)/C=C/C=C\C/C=C\CCCC(=O)OC[C@H](CO)OC(=O)CCCCCCCCCCCCCCCC(C)C. The smallest absolute Gasteiger partial charge is 0.306 e. The number of aliphatic hydroxyl groups is 2. The van der Waals surface area contributed by atoms with Crippen molar-refractivity contribution in [2.45, 2.75) is 174 Å². The molecule has 0 saturated carbocycles. The Kier molecular flexibility index (Phi) is 34.0. The molecule has 0 spiro atoms. The minimum Gasteiger partial charge on any atom is -0.462 e. The van der Waals surface area contributed by atoms with Gasteiger partial charge in [-0.05, 0) is 50.9 Å². The van der Waals surface area contributed by atoms with Gasteiger partial charge >= 0.3 is 11.9 Å². The number of unbranched alkanes of at least 4 members (excludes halogenated alkanes) is 13. The maximum Gasteiger partial charge on any atom is 0.306 e. The van der Waals surface area contributed by atoms with Crippen LogP contribution in [0.15, 0.2) is 60.8 Å². The van der Waals surface area contributed by atoms with E-state index >= 15 is 0 Å². The Labute approximate surface area is 294 Å². The second kappa shape index (κ2) is 35.9. The molecule has 0 aromatic carbocycles. The van der Waals surface area contributed by atoms with Crippen molar-refractivity contribution in [3.05, 3.63) is 60.8 Å². The Morgan fingerprint density at radius 1 is 0.646 bits per heavy atom. The fraction of sp³-hybridized carbons (Fsp3) is 0.714. The highest BCUT2D eigenvalue weighted by Gasteiger charge is 2.16. The van der Waals surface area contributed by atoms with E-state index in [2.05, 4.69) is 39.0 Å². The van der Waals surface area contributed by atoms with Gasteiger partial charge in [-0.15, -0.1) is 0 Å². The lowest BCUT2D eigenvalue weighted by atomic mass is 10.0. The molecule has 0 rings (SSSR count). The third-order valence-electron chi connectivity index (χ3n) is 8.08. The summed E-state index contributed by atoms with van der Waals surface area (Å²) in [7, 11) is 0. The number of hydrogen-bond donors (Lipinski definition) is 2. The largest absolute Gasteiger partial charge is 0.462 e. The van der Waals surface area contributed by atoms with Gasteiger partial charge in [0, 0.05) is 12.8 Å². The van der Waals surface area contributed by atoms with Gasteiger partial charge in [0.1, 0.15) is 6.61 Å². The van der Waals surface area contributed by atoms with Crippen LogP contribution in [0.2, 0.25) is 0 Å². The molecule has 276 valence electrons. The average molecular weight is 673 g/mol. The summed E-state index contributed by atoms with van der Waals surface area (Å²) in [6.45, 7) is 6.24. The van der Waals surface area contributed by atoms with Gasteiger partial charge in [-0.3, -0.25) is 9.59 Å². The molecule has 0 heterocycles. The molecule has 2 atom stereocenters. The molecule has 0 aromatic rings. The van der Waals surface area contributed by atoms with Crippen LogP contribution >= 0.6 is 0 Å². The van der Waals surface area contributed by atoms with E-state index in [1.165, 1.54) is 70.6 Å². The first-order valence-electron chi connectivity index (χ1n) is 19.3. The van der Waals surface area contributed by atoms with Gasteiger partial charge < -0.3 is 19.7 Å². The zero-order chi connectivity index (χ0) is 35.3. The highest BCUT2D eigenvalue weighted by atomic mass is 16.6. The summed E-state index contributed by atoms with van der Waals surface area (Å²) in [4.78, 5) is 24.2. The number of aliphatic hydroxyl groups excluding tert-OH is 2. The molecular formula is C42H72O6. The lowest BCUT2D eigenvalue weighted by Gasteiger charge is -2.15. The minimum absolute atomic E-state index is 0.116. The van der Waals surface area contributed by atoms with Crippen LogP contribution in [-0.2, 0) is 19.1 Å². The topological polar surface area (TPSA) is 93.1 Å². The molecule has 0 amide bonds. The van der Waals surface area contributed by atoms with Crippen LogP contribution in [0.3, 0.4) is 0 Å². The van der Waals surface area contributed by atoms with Crippen molar-refractivity contribution >= 4 is 11.9 Å². The van der Waals surface area contributed by atoms with E-state index in [1.54, 1.807) is 6.08 Å². The standard InChI is InChI=1S/C42H72O6/c1-4-5-6-7-22-27-32-39(44)33-28-23-18-15-16-19-24-29-34-41(45)47-37-40(36-43)48-42(46)35-30-25-20-14-12-10-8-9-11-13-17-21-26-31-38(2)3/h5-6,16,18-19,22-23,27-28,33,38-40,43-44H,4,7-15,17,20-21,24-26,29-32,34-37H2,1-3H3/b6-5-,19-16-,23-18-,27-22-,33-28+/t39?,40-/m0/s1. The maximum atomic E-state index is 12.2. The Balaban J connectivity index is 3.73. The molecule has 0 saturated heterocycles. The number of carbonyl (C=O) groups excluding carboxylic acids is 2. The maximum absolute atomic E-state index is 12.2. The molecule has 0 fully saturated rings. The van der Waals surface area contributed by atoms with Crippen molar-refractivity contribution in [3.8, 4) is 0 Å². The fourth-order valence-corrected chi connectivity index (χ4v) is 5.15. The van der Waals surface area contributed by atoms with E-state index in [1.807, 2.05) is 36.5 Å². The Hall–Kier alpha value is -2.44. The summed E-state index contributed by atoms with van der Waals surface area (Å²) in [5, 5.41) is 19.5. The monoisotopic (exact) mass is 673 g/mol. The summed E-state index contributed by atoms with van der Waals surface area (Å²) in [6.07, 6.45) is 41.7. The highest BCUT2D eigenvalue weighted by Crippen LogP contribution is 2.15. The van der Waals surface area contributed by atoms with Crippen LogP contribution in [0.4, 0.5) is 0 Å². The second-order valence-corrected chi connectivity index (χ2v) is 13.3. The van der Waals surface area contributed by atoms with E-state index in [-0.39, 0.29) is 31.6 Å². The molecule has 48 heavy (non-hydrogen) atoms. The van der Waals surface area contributed by atoms with Gasteiger partial charge in [0.15, 0.2) is 6.10 Å². The molecule has 0 radical (unpaired) electrons. The lowest BCUT2D eigenvalue weighted by molar-refractivity contribution is -0.161. The summed E-state index contributed by atoms with van der Waals surface area (Å²) in [6, 6.07) is 0. The van der Waals surface area contributed by atoms with Crippen LogP contribution in [0, 0.1) is 5.92 Å². The minimum atomic E-state index is -0.812. The number of allylic oxidation sites excluding steroid dienone is 8. The molecule has 1 unspecified atom stereocenters. The zero-order valence-corrected chi connectivity index (χ0v) is 31.0. The average Bonchev–Trinajstić information content (AvgIpc) is 3.07. The first-order valence-corrected chi connectivity index (χ1v) is 19.3. The number of carbonyl (C=O) groups is 2. The van der Waals surface area contributed by atoms with Crippen LogP contribution in [0.1, 0.15) is 162 Å². The van der Waals surface area contributed by atoms with Gasteiger partial charge in [-0.2, -0.15) is 0 Å². The van der Waals surface area contributed by atoms with Crippen LogP contribution in [0.25, 0.3) is 0 Å². The van der Waals surface area contributed by atoms with Crippen molar-refractivity contribution in [3.63, 3.8) is 0 Å². The third-order valence-corrected chi connectivity index (χ3v) is 8.08. The van der Waals surface area contributed by atoms with Gasteiger partial charge in [-0.1, -0.05) is 165 Å². The number of ether oxygens (including phenoxy) is 2. The van der Waals surface area contributed by atoms with Crippen LogP contribution in [-0.4, -0.2) is 47.6 Å². The van der Waals surface area contributed by atoms with Crippen LogP contribution in [0.5, 0.6) is 0 Å². The fourth-order valence-electron chi connectivity index (χ4n) is 5.15. The molecular weight excluding hydrogens is 600 g/mol. The van der Waals surface area contributed by atoms with Crippen LogP contribution < -0.4 is 0 Å². The van der Waals surface area contributed by atoms with Crippen molar-refractivity contribution in [1.82, 2.24) is 0 Å². The molecule has 0 aliphatic heterocycles. The first-order chi connectivity index (χ1) is 23.4. The molecule has 6 heteroatoms. The first kappa shape index (κ1) is 45.6. The van der Waals surface area contributed by atoms with Crippen molar-refractivity contribution in [2.24, 2.45) is 5.92 Å². The number of rotatable bonds is 33. The molecule has 2 N–H and O–H groups in total. The van der Waals surface area contributed by atoms with Crippen molar-refractivity contribution in [2.75, 3.05) is 13.2 Å². The molecule has 6 nitrogen and oxygen atoms in total. The van der Waals surface area contributed by atoms with E-state index in [4.69, 9.17) is 9.47 Å². The van der Waals surface area contributed by atoms with Gasteiger partial charge in [0.2, 0.25) is 0 Å². The number of hydrogen-bond acceptors (Lipinski definition) is 6. The predicted molar refractivity (Wildman–Crippen MR) is 202 cm³/mol. The summed E-state index contributed by atoms with van der Waals surface area (Å²) in [5.74, 6) is 0.137. The molecule has 0 aliphatic carbocycles. The Morgan fingerprint density at radius 2 is 1.21 bits per heavy atom. The Morgan fingerprint density at radius 3 is 1.83 bits per heavy atom. The molecule has 0 aromatic heterocycles. The molecule has 0 bridgehead atoms.